The van der Waals surface area contributed by atoms with E-state index in [-0.39, 0.29) is 38.3 Å². The first kappa shape index (κ1) is 37.1. The van der Waals surface area contributed by atoms with Gasteiger partial charge in [-0.3, -0.25) is 19.2 Å². The Balaban J connectivity index is 1.81. The zero-order valence-electron chi connectivity index (χ0n) is 28.1. The second-order valence-electron chi connectivity index (χ2n) is 13.8. The van der Waals surface area contributed by atoms with E-state index >= 15 is 0 Å². The van der Waals surface area contributed by atoms with Crippen LogP contribution >= 0.6 is 0 Å². The third-order valence-electron chi connectivity index (χ3n) is 9.06. The number of ketones is 1. The smallest absolute Gasteiger partial charge is 0.315 e. The van der Waals surface area contributed by atoms with Crippen LogP contribution in [0.15, 0.2) is 55.6 Å². The Morgan fingerprint density at radius 3 is 2.34 bits per heavy atom. The normalized spacial score (nSPS) is 20.1. The van der Waals surface area contributed by atoms with Crippen LogP contribution < -0.4 is 21.3 Å². The van der Waals surface area contributed by atoms with Gasteiger partial charge in [0.25, 0.3) is 5.91 Å². The van der Waals surface area contributed by atoms with Gasteiger partial charge in [-0.2, -0.15) is 0 Å². The summed E-state index contributed by atoms with van der Waals surface area (Å²) in [6, 6.07) is 6.57. The molecule has 0 radical (unpaired) electrons. The van der Waals surface area contributed by atoms with Crippen molar-refractivity contribution in [3.63, 3.8) is 0 Å². The molecular formula is C37H51N5O5. The number of nitrogens with one attached hydrogen (secondary N) is 4. The van der Waals surface area contributed by atoms with E-state index in [0.717, 1.165) is 37.7 Å². The lowest BCUT2D eigenvalue weighted by atomic mass is 9.77. The van der Waals surface area contributed by atoms with Crippen LogP contribution in [0, 0.1) is 23.7 Å². The van der Waals surface area contributed by atoms with E-state index in [2.05, 4.69) is 52.5 Å². The first-order valence-corrected chi connectivity index (χ1v) is 16.6. The predicted octanol–water partition coefficient (Wildman–Crippen LogP) is 3.82. The van der Waals surface area contributed by atoms with Crippen LogP contribution in [0.5, 0.6) is 0 Å². The van der Waals surface area contributed by atoms with Crippen molar-refractivity contribution in [3.05, 3.63) is 61.2 Å². The molecule has 4 atom stereocenters. The van der Waals surface area contributed by atoms with Gasteiger partial charge in [-0.25, -0.2) is 4.79 Å². The molecule has 0 bridgehead atoms. The van der Waals surface area contributed by atoms with Gasteiger partial charge in [0, 0.05) is 25.0 Å². The molecule has 1 aromatic carbocycles. The Hall–Kier alpha value is -4.39. The quantitative estimate of drug-likeness (QED) is 0.139. The van der Waals surface area contributed by atoms with E-state index in [4.69, 9.17) is 6.42 Å². The SMILES string of the molecule is C#CCCC(NC(=O)[C@@H]1C[C@@H](C=C)CN1C(=O)[C@@H](NC(=O)NC1(Cc2ccccc2)CCCCC1)C(C)(C)C)C(=O)C(=O)NCC=C. The minimum atomic E-state index is -1.17. The number of rotatable bonds is 14. The molecule has 0 spiro atoms. The number of urea groups is 1. The van der Waals surface area contributed by atoms with E-state index in [1.165, 1.54) is 11.0 Å². The molecule has 1 aromatic rings. The number of hydrogen-bond donors (Lipinski definition) is 4. The summed E-state index contributed by atoms with van der Waals surface area (Å²) in [4.78, 5) is 68.5. The fourth-order valence-corrected chi connectivity index (χ4v) is 6.49. The van der Waals surface area contributed by atoms with Gasteiger partial charge in [0.1, 0.15) is 12.1 Å². The summed E-state index contributed by atoms with van der Waals surface area (Å²) in [5.74, 6) is -0.415. The van der Waals surface area contributed by atoms with Crippen LogP contribution in [0.3, 0.4) is 0 Å². The van der Waals surface area contributed by atoms with Crippen molar-refractivity contribution in [2.24, 2.45) is 11.3 Å². The molecule has 1 unspecified atom stereocenters. The molecule has 1 saturated carbocycles. The lowest BCUT2D eigenvalue weighted by Crippen LogP contribution is -2.62. The molecule has 10 heteroatoms. The predicted molar refractivity (Wildman–Crippen MR) is 183 cm³/mol. The molecule has 1 aliphatic heterocycles. The fourth-order valence-electron chi connectivity index (χ4n) is 6.49. The summed E-state index contributed by atoms with van der Waals surface area (Å²) in [5.41, 5.74) is 0.00342. The number of nitrogens with zero attached hydrogens (tertiary/aromatic N) is 1. The van der Waals surface area contributed by atoms with E-state index in [1.54, 1.807) is 6.08 Å². The third kappa shape index (κ3) is 10.3. The topological polar surface area (TPSA) is 137 Å². The van der Waals surface area contributed by atoms with Gasteiger partial charge < -0.3 is 26.2 Å². The lowest BCUT2D eigenvalue weighted by Gasteiger charge is -2.40. The van der Waals surface area contributed by atoms with E-state index in [9.17, 15) is 24.0 Å². The first-order valence-electron chi connectivity index (χ1n) is 16.6. The molecule has 1 aliphatic carbocycles. The van der Waals surface area contributed by atoms with Crippen LogP contribution in [-0.4, -0.2) is 71.2 Å². The van der Waals surface area contributed by atoms with Crippen molar-refractivity contribution < 1.29 is 24.0 Å². The Morgan fingerprint density at radius 1 is 1.06 bits per heavy atom. The number of benzene rings is 1. The van der Waals surface area contributed by atoms with Crippen LogP contribution in [0.25, 0.3) is 0 Å². The fraction of sp³-hybridized carbons (Fsp3) is 0.541. The summed E-state index contributed by atoms with van der Waals surface area (Å²) in [5, 5.41) is 11.3. The standard InChI is InChI=1S/C37H51N5O5/c1-7-10-19-28(30(43)33(45)38-22-8-2)39-32(44)29-23-26(9-3)25-42(29)34(46)31(36(4,5)6)40-35(47)41-37(20-15-12-16-21-37)24-27-17-13-11-14-18-27/h1,8-9,11,13-14,17-18,26,28-29,31H,2-3,10,12,15-16,19-25H2,4-6H3,(H,38,45)(H,39,44)(H2,40,41,47)/t26-,28?,29+,31-/m1/s1. The van der Waals surface area contributed by atoms with Crippen molar-refractivity contribution in [3.8, 4) is 12.3 Å². The number of amides is 5. The average molecular weight is 646 g/mol. The summed E-state index contributed by atoms with van der Waals surface area (Å²) in [7, 11) is 0. The number of likely N-dealkylation sites (tertiary alicyclic amines) is 1. The molecule has 2 aliphatic rings. The Kier molecular flexibility index (Phi) is 13.4. The van der Waals surface area contributed by atoms with E-state index < -0.39 is 58.6 Å². The molecule has 47 heavy (non-hydrogen) atoms. The molecule has 3 rings (SSSR count). The maximum atomic E-state index is 14.3. The van der Waals surface area contributed by atoms with Gasteiger partial charge in [0.05, 0.1) is 6.04 Å². The number of carbonyl (C=O) groups is 5. The maximum absolute atomic E-state index is 14.3. The molecule has 4 N–H and O–H groups in total. The van der Waals surface area contributed by atoms with E-state index in [0.29, 0.717) is 6.42 Å². The van der Waals surface area contributed by atoms with Crippen LogP contribution in [-0.2, 0) is 25.6 Å². The summed E-state index contributed by atoms with van der Waals surface area (Å²) in [6.07, 6.45) is 14.5. The number of carbonyl (C=O) groups excluding carboxylic acids is 5. The minimum absolute atomic E-state index is 0.0607. The summed E-state index contributed by atoms with van der Waals surface area (Å²) in [6.45, 7) is 13.3. The van der Waals surface area contributed by atoms with E-state index in [1.807, 2.05) is 39.0 Å². The molecule has 1 heterocycles. The first-order chi connectivity index (χ1) is 22.3. The molecule has 1 saturated heterocycles. The highest BCUT2D eigenvalue weighted by Gasteiger charge is 2.45. The number of Topliss-reactive ketones (excluding diaryl/α,β-unsaturated/α-hetero) is 1. The zero-order valence-corrected chi connectivity index (χ0v) is 28.1. The second-order valence-corrected chi connectivity index (χ2v) is 13.8. The number of terminal acetylenes is 1. The van der Waals surface area contributed by atoms with Gasteiger partial charge >= 0.3 is 6.03 Å². The van der Waals surface area contributed by atoms with Gasteiger partial charge in [0.15, 0.2) is 0 Å². The average Bonchev–Trinajstić information content (AvgIpc) is 3.49. The van der Waals surface area contributed by atoms with Crippen molar-refractivity contribution in [1.82, 2.24) is 26.2 Å². The molecule has 2 fully saturated rings. The monoisotopic (exact) mass is 645 g/mol. The van der Waals surface area contributed by atoms with Crippen molar-refractivity contribution in [2.75, 3.05) is 13.1 Å². The highest BCUT2D eigenvalue weighted by molar-refractivity contribution is 6.38. The van der Waals surface area contributed by atoms with Crippen molar-refractivity contribution in [1.29, 1.82) is 0 Å². The van der Waals surface area contributed by atoms with Crippen LogP contribution in [0.4, 0.5) is 4.79 Å². The minimum Gasteiger partial charge on any atom is -0.346 e. The van der Waals surface area contributed by atoms with Gasteiger partial charge in [-0.05, 0) is 49.0 Å². The van der Waals surface area contributed by atoms with Gasteiger partial charge in [0.2, 0.25) is 17.6 Å². The highest BCUT2D eigenvalue weighted by Crippen LogP contribution is 2.32. The van der Waals surface area contributed by atoms with Gasteiger partial charge in [-0.1, -0.05) is 82.5 Å². The Bertz CT molecular complexity index is 1340. The van der Waals surface area contributed by atoms with Crippen molar-refractivity contribution >= 4 is 29.5 Å². The lowest BCUT2D eigenvalue weighted by molar-refractivity contribution is -0.143. The van der Waals surface area contributed by atoms with Crippen LogP contribution in [0.2, 0.25) is 0 Å². The van der Waals surface area contributed by atoms with Crippen molar-refractivity contribution in [2.45, 2.75) is 102 Å². The molecule has 254 valence electrons. The second kappa shape index (κ2) is 17.0. The molecule has 0 aromatic heterocycles. The summed E-state index contributed by atoms with van der Waals surface area (Å²) < 4.78 is 0. The maximum Gasteiger partial charge on any atom is 0.315 e. The number of hydrogen-bond acceptors (Lipinski definition) is 5. The third-order valence-corrected chi connectivity index (χ3v) is 9.06. The highest BCUT2D eigenvalue weighted by atomic mass is 16.2. The largest absolute Gasteiger partial charge is 0.346 e. The zero-order chi connectivity index (χ0) is 34.6. The summed E-state index contributed by atoms with van der Waals surface area (Å²) >= 11 is 0. The Morgan fingerprint density at radius 2 is 1.74 bits per heavy atom. The molecule has 10 nitrogen and oxygen atoms in total. The Labute approximate surface area is 279 Å². The van der Waals surface area contributed by atoms with Gasteiger partial charge in [-0.15, -0.1) is 25.5 Å². The van der Waals surface area contributed by atoms with Crippen LogP contribution in [0.1, 0.15) is 77.7 Å². The molecular weight excluding hydrogens is 594 g/mol. The molecule has 5 amide bonds.